The molecule has 0 spiro atoms. The van der Waals surface area contributed by atoms with E-state index >= 15 is 0 Å². The number of rotatable bonds is 8. The second-order valence-corrected chi connectivity index (χ2v) is 4.13. The Kier molecular flexibility index (Phi) is 7.71. The second-order valence-electron chi connectivity index (χ2n) is 4.13. The van der Waals surface area contributed by atoms with Crippen LogP contribution in [-0.2, 0) is 14.4 Å². The van der Waals surface area contributed by atoms with E-state index in [2.05, 4.69) is 10.6 Å². The summed E-state index contributed by atoms with van der Waals surface area (Å²) in [6.07, 6.45) is -0.268. The number of urea groups is 1. The van der Waals surface area contributed by atoms with Crippen LogP contribution in [0.5, 0.6) is 0 Å². The highest BCUT2D eigenvalue weighted by atomic mass is 16.4. The predicted octanol–water partition coefficient (Wildman–Crippen LogP) is -1.52. The van der Waals surface area contributed by atoms with Crippen molar-refractivity contribution in [3.05, 3.63) is 0 Å². The number of hydrogen-bond donors (Lipinski definition) is 4. The van der Waals surface area contributed by atoms with Gasteiger partial charge < -0.3 is 26.4 Å². The van der Waals surface area contributed by atoms with Gasteiger partial charge in [0.2, 0.25) is 11.8 Å². The van der Waals surface area contributed by atoms with Crippen LogP contribution in [0.15, 0.2) is 0 Å². The van der Waals surface area contributed by atoms with Gasteiger partial charge in [0.1, 0.15) is 6.04 Å². The van der Waals surface area contributed by atoms with Crippen LogP contribution < -0.4 is 16.4 Å². The first-order valence-corrected chi connectivity index (χ1v) is 6.07. The summed E-state index contributed by atoms with van der Waals surface area (Å²) < 4.78 is 0. The fourth-order valence-electron chi connectivity index (χ4n) is 1.22. The van der Waals surface area contributed by atoms with Crippen molar-refractivity contribution < 1.29 is 24.3 Å². The van der Waals surface area contributed by atoms with Gasteiger partial charge in [0.05, 0.1) is 6.54 Å². The lowest BCUT2D eigenvalue weighted by Crippen LogP contribution is -2.48. The monoisotopic (exact) mass is 288 g/mol. The molecule has 0 bridgehead atoms. The lowest BCUT2D eigenvalue weighted by atomic mass is 10.1. The van der Waals surface area contributed by atoms with E-state index in [4.69, 9.17) is 10.8 Å². The minimum absolute atomic E-state index is 0.110. The van der Waals surface area contributed by atoms with E-state index in [1.807, 2.05) is 0 Å². The largest absolute Gasteiger partial charge is 0.480 e. The molecule has 1 atom stereocenters. The van der Waals surface area contributed by atoms with E-state index in [0.717, 1.165) is 0 Å². The third-order valence-corrected chi connectivity index (χ3v) is 2.58. The average Bonchev–Trinajstić information content (AvgIpc) is 2.39. The predicted molar refractivity (Wildman–Crippen MR) is 69.7 cm³/mol. The normalized spacial score (nSPS) is 11.3. The summed E-state index contributed by atoms with van der Waals surface area (Å²) in [6.45, 7) is 2.04. The number of hydrogen-bond acceptors (Lipinski definition) is 4. The Labute approximate surface area is 116 Å². The molecule has 9 nitrogen and oxygen atoms in total. The molecule has 0 aromatic carbocycles. The number of carbonyl (C=O) groups excluding carboxylic acids is 3. The Bertz CT molecular complexity index is 385. The maximum absolute atomic E-state index is 11.4. The molecule has 0 aromatic heterocycles. The Morgan fingerprint density at radius 1 is 1.30 bits per heavy atom. The minimum Gasteiger partial charge on any atom is -0.480 e. The van der Waals surface area contributed by atoms with Crippen molar-refractivity contribution in [2.75, 3.05) is 20.1 Å². The summed E-state index contributed by atoms with van der Waals surface area (Å²) in [5, 5.41) is 13.3. The van der Waals surface area contributed by atoms with Crippen LogP contribution in [0.1, 0.15) is 19.8 Å². The summed E-state index contributed by atoms with van der Waals surface area (Å²) in [6, 6.07) is -2.03. The standard InChI is InChI=1S/C11H20N4O5/c1-3-15(2)9(17)6-13-11(20)14-7(10(18)19)4-5-8(12)16/h7H,3-6H2,1-2H3,(H2,12,16)(H,18,19)(H2,13,14,20). The first kappa shape index (κ1) is 17.7. The molecule has 5 N–H and O–H groups in total. The SMILES string of the molecule is CCN(C)C(=O)CNC(=O)NC(CCC(N)=O)C(=O)O. The topological polar surface area (TPSA) is 142 Å². The number of nitrogens with two attached hydrogens (primary N) is 1. The average molecular weight is 288 g/mol. The number of primary amides is 1. The second kappa shape index (κ2) is 8.73. The maximum atomic E-state index is 11.4. The smallest absolute Gasteiger partial charge is 0.326 e. The number of carboxylic acid groups (broad SMARTS) is 1. The van der Waals surface area contributed by atoms with Gasteiger partial charge in [0.25, 0.3) is 0 Å². The molecular formula is C11H20N4O5. The maximum Gasteiger partial charge on any atom is 0.326 e. The van der Waals surface area contributed by atoms with Crippen molar-refractivity contribution in [1.29, 1.82) is 0 Å². The van der Waals surface area contributed by atoms with Gasteiger partial charge in [-0.1, -0.05) is 0 Å². The number of carboxylic acids is 1. The molecule has 1 unspecified atom stereocenters. The summed E-state index contributed by atoms with van der Waals surface area (Å²) in [4.78, 5) is 45.7. The number of nitrogens with one attached hydrogen (secondary N) is 2. The van der Waals surface area contributed by atoms with Crippen molar-refractivity contribution in [3.63, 3.8) is 0 Å². The highest BCUT2D eigenvalue weighted by molar-refractivity contribution is 5.86. The molecule has 0 aromatic rings. The van der Waals surface area contributed by atoms with Gasteiger partial charge in [-0.25, -0.2) is 9.59 Å². The molecule has 0 heterocycles. The Hall–Kier alpha value is -2.32. The minimum atomic E-state index is -1.28. The van der Waals surface area contributed by atoms with Crippen LogP contribution >= 0.6 is 0 Å². The van der Waals surface area contributed by atoms with Gasteiger partial charge in [-0.15, -0.1) is 0 Å². The van der Waals surface area contributed by atoms with E-state index in [0.29, 0.717) is 6.54 Å². The Morgan fingerprint density at radius 3 is 2.35 bits per heavy atom. The fourth-order valence-corrected chi connectivity index (χ4v) is 1.22. The molecule has 20 heavy (non-hydrogen) atoms. The quantitative estimate of drug-likeness (QED) is 0.429. The van der Waals surface area contributed by atoms with Crippen LogP contribution in [0.25, 0.3) is 0 Å². The molecule has 114 valence electrons. The third kappa shape index (κ3) is 7.19. The number of amides is 4. The number of likely N-dealkylation sites (N-methyl/N-ethyl adjacent to an activating group) is 1. The molecule has 0 aliphatic heterocycles. The Morgan fingerprint density at radius 2 is 1.90 bits per heavy atom. The van der Waals surface area contributed by atoms with Crippen molar-refractivity contribution in [2.24, 2.45) is 5.73 Å². The van der Waals surface area contributed by atoms with E-state index < -0.39 is 23.9 Å². The lowest BCUT2D eigenvalue weighted by Gasteiger charge is -2.17. The van der Waals surface area contributed by atoms with Crippen molar-refractivity contribution >= 4 is 23.8 Å². The molecule has 0 aliphatic rings. The van der Waals surface area contributed by atoms with Crippen molar-refractivity contribution in [2.45, 2.75) is 25.8 Å². The van der Waals surface area contributed by atoms with Crippen LogP contribution in [0.2, 0.25) is 0 Å². The van der Waals surface area contributed by atoms with Crippen molar-refractivity contribution in [1.82, 2.24) is 15.5 Å². The first-order chi connectivity index (χ1) is 9.27. The summed E-state index contributed by atoms with van der Waals surface area (Å²) in [5.74, 6) is -2.23. The molecule has 4 amide bonds. The van der Waals surface area contributed by atoms with Crippen LogP contribution in [0, 0.1) is 0 Å². The van der Waals surface area contributed by atoms with Crippen LogP contribution in [0.3, 0.4) is 0 Å². The number of nitrogens with zero attached hydrogens (tertiary/aromatic N) is 1. The van der Waals surface area contributed by atoms with Gasteiger partial charge in [0, 0.05) is 20.0 Å². The third-order valence-electron chi connectivity index (χ3n) is 2.58. The van der Waals surface area contributed by atoms with E-state index in [1.165, 1.54) is 4.90 Å². The first-order valence-electron chi connectivity index (χ1n) is 6.07. The lowest BCUT2D eigenvalue weighted by molar-refractivity contribution is -0.139. The molecule has 0 radical (unpaired) electrons. The zero-order valence-corrected chi connectivity index (χ0v) is 11.5. The van der Waals surface area contributed by atoms with Gasteiger partial charge in [-0.2, -0.15) is 0 Å². The summed E-state index contributed by atoms with van der Waals surface area (Å²) in [5.41, 5.74) is 4.91. The zero-order chi connectivity index (χ0) is 15.7. The van der Waals surface area contributed by atoms with Crippen molar-refractivity contribution in [3.8, 4) is 0 Å². The zero-order valence-electron chi connectivity index (χ0n) is 11.5. The van der Waals surface area contributed by atoms with Gasteiger partial charge in [-0.3, -0.25) is 9.59 Å². The molecule has 0 saturated heterocycles. The molecule has 9 heteroatoms. The fraction of sp³-hybridized carbons (Fsp3) is 0.636. The molecule has 0 rings (SSSR count). The van der Waals surface area contributed by atoms with E-state index in [9.17, 15) is 19.2 Å². The number of carbonyl (C=O) groups is 4. The highest BCUT2D eigenvalue weighted by Gasteiger charge is 2.20. The van der Waals surface area contributed by atoms with E-state index in [1.54, 1.807) is 14.0 Å². The summed E-state index contributed by atoms with van der Waals surface area (Å²) >= 11 is 0. The van der Waals surface area contributed by atoms with Crippen LogP contribution in [-0.4, -0.2) is 60.0 Å². The van der Waals surface area contributed by atoms with Crippen LogP contribution in [0.4, 0.5) is 4.79 Å². The number of aliphatic carboxylic acids is 1. The van der Waals surface area contributed by atoms with Gasteiger partial charge in [0.15, 0.2) is 0 Å². The molecular weight excluding hydrogens is 268 g/mol. The Balaban J connectivity index is 4.23. The van der Waals surface area contributed by atoms with E-state index in [-0.39, 0.29) is 25.3 Å². The molecule has 0 fully saturated rings. The highest BCUT2D eigenvalue weighted by Crippen LogP contribution is 1.97. The summed E-state index contributed by atoms with van der Waals surface area (Å²) in [7, 11) is 1.58. The molecule has 0 saturated carbocycles. The van der Waals surface area contributed by atoms with Gasteiger partial charge >= 0.3 is 12.0 Å². The van der Waals surface area contributed by atoms with Gasteiger partial charge in [-0.05, 0) is 13.3 Å². The molecule has 0 aliphatic carbocycles.